The van der Waals surface area contributed by atoms with Crippen LogP contribution in [-0.4, -0.2) is 26.2 Å². The molecule has 1 aromatic carbocycles. The summed E-state index contributed by atoms with van der Waals surface area (Å²) < 4.78 is 10.1. The molecule has 0 radical (unpaired) electrons. The topological polar surface area (TPSA) is 47.6 Å². The van der Waals surface area contributed by atoms with E-state index in [1.165, 1.54) is 7.11 Å². The van der Waals surface area contributed by atoms with Crippen molar-refractivity contribution in [1.29, 1.82) is 0 Å². The average Bonchev–Trinajstić information content (AvgIpc) is 3.19. The van der Waals surface area contributed by atoms with Gasteiger partial charge < -0.3 is 9.47 Å². The summed E-state index contributed by atoms with van der Waals surface area (Å²) in [7, 11) is 2.92. The van der Waals surface area contributed by atoms with Crippen LogP contribution in [0, 0.1) is 0 Å². The SMILES string of the molecule is COC(=O)C(NC1CC1)c1c(Cl)cccc1OC. The van der Waals surface area contributed by atoms with Crippen molar-refractivity contribution in [2.75, 3.05) is 14.2 Å². The number of carbonyl (C=O) groups is 1. The summed E-state index contributed by atoms with van der Waals surface area (Å²) in [5.41, 5.74) is 0.639. The molecular formula is C13H16ClNO3. The lowest BCUT2D eigenvalue weighted by atomic mass is 10.1. The first-order valence-electron chi connectivity index (χ1n) is 5.83. The molecule has 1 N–H and O–H groups in total. The zero-order chi connectivity index (χ0) is 13.1. The molecule has 1 atom stereocenters. The number of nitrogens with one attached hydrogen (secondary N) is 1. The molecule has 1 fully saturated rings. The monoisotopic (exact) mass is 269 g/mol. The quantitative estimate of drug-likeness (QED) is 0.834. The van der Waals surface area contributed by atoms with E-state index in [4.69, 9.17) is 21.1 Å². The van der Waals surface area contributed by atoms with Gasteiger partial charge in [-0.2, -0.15) is 0 Å². The number of hydrogen-bond donors (Lipinski definition) is 1. The molecule has 18 heavy (non-hydrogen) atoms. The molecule has 0 heterocycles. The fourth-order valence-electron chi connectivity index (χ4n) is 1.85. The van der Waals surface area contributed by atoms with Crippen LogP contribution >= 0.6 is 11.6 Å². The molecule has 0 bridgehead atoms. The van der Waals surface area contributed by atoms with E-state index < -0.39 is 6.04 Å². The molecule has 1 aliphatic carbocycles. The molecule has 1 saturated carbocycles. The van der Waals surface area contributed by atoms with Crippen molar-refractivity contribution < 1.29 is 14.3 Å². The van der Waals surface area contributed by atoms with E-state index in [2.05, 4.69) is 5.32 Å². The molecule has 0 amide bonds. The summed E-state index contributed by atoms with van der Waals surface area (Å²) >= 11 is 6.18. The maximum Gasteiger partial charge on any atom is 0.327 e. The Kier molecular flexibility index (Phi) is 4.09. The molecule has 4 nitrogen and oxygen atoms in total. The third-order valence-electron chi connectivity index (χ3n) is 2.94. The molecular weight excluding hydrogens is 254 g/mol. The van der Waals surface area contributed by atoms with E-state index in [-0.39, 0.29) is 5.97 Å². The van der Waals surface area contributed by atoms with Crippen LogP contribution in [0.15, 0.2) is 18.2 Å². The standard InChI is InChI=1S/C13H16ClNO3/c1-17-10-5-3-4-9(14)11(10)12(13(16)18-2)15-8-6-7-8/h3-5,8,12,15H,6-7H2,1-2H3. The highest BCUT2D eigenvalue weighted by Gasteiger charge is 2.33. The van der Waals surface area contributed by atoms with Crippen LogP contribution in [0.4, 0.5) is 0 Å². The number of benzene rings is 1. The zero-order valence-corrected chi connectivity index (χ0v) is 11.2. The fraction of sp³-hybridized carbons (Fsp3) is 0.462. The van der Waals surface area contributed by atoms with Gasteiger partial charge in [0, 0.05) is 16.6 Å². The summed E-state index contributed by atoms with van der Waals surface area (Å²) in [5.74, 6) is 0.236. The van der Waals surface area contributed by atoms with Crippen molar-refractivity contribution in [2.45, 2.75) is 24.9 Å². The number of halogens is 1. The minimum atomic E-state index is -0.578. The van der Waals surface area contributed by atoms with Crippen LogP contribution in [0.2, 0.25) is 5.02 Å². The number of methoxy groups -OCH3 is 2. The van der Waals surface area contributed by atoms with Gasteiger partial charge >= 0.3 is 5.97 Å². The van der Waals surface area contributed by atoms with E-state index in [9.17, 15) is 4.79 Å². The molecule has 0 spiro atoms. The van der Waals surface area contributed by atoms with Crippen LogP contribution in [0.1, 0.15) is 24.4 Å². The molecule has 0 aromatic heterocycles. The van der Waals surface area contributed by atoms with Crippen molar-refractivity contribution in [3.8, 4) is 5.75 Å². The summed E-state index contributed by atoms with van der Waals surface area (Å²) in [5, 5.41) is 3.73. The largest absolute Gasteiger partial charge is 0.496 e. The smallest absolute Gasteiger partial charge is 0.327 e. The van der Waals surface area contributed by atoms with Crippen molar-refractivity contribution in [3.05, 3.63) is 28.8 Å². The molecule has 1 aromatic rings. The molecule has 2 rings (SSSR count). The van der Waals surface area contributed by atoms with Crippen molar-refractivity contribution >= 4 is 17.6 Å². The van der Waals surface area contributed by atoms with Crippen molar-refractivity contribution in [3.63, 3.8) is 0 Å². The van der Waals surface area contributed by atoms with Gasteiger partial charge in [-0.1, -0.05) is 17.7 Å². The Morgan fingerprint density at radius 2 is 2.17 bits per heavy atom. The summed E-state index contributed by atoms with van der Waals surface area (Å²) in [6.45, 7) is 0. The van der Waals surface area contributed by atoms with Gasteiger partial charge in [-0.25, -0.2) is 4.79 Å². The van der Waals surface area contributed by atoms with Gasteiger partial charge in [0.05, 0.1) is 14.2 Å². The Balaban J connectivity index is 2.36. The normalized spacial score (nSPS) is 16.2. The summed E-state index contributed by atoms with van der Waals surface area (Å²) in [6, 6.07) is 5.09. The van der Waals surface area contributed by atoms with E-state index in [0.29, 0.717) is 22.4 Å². The number of esters is 1. The first-order valence-corrected chi connectivity index (χ1v) is 6.21. The Bertz CT molecular complexity index is 446. The lowest BCUT2D eigenvalue weighted by molar-refractivity contribution is -0.143. The fourth-order valence-corrected chi connectivity index (χ4v) is 2.12. The van der Waals surface area contributed by atoms with Gasteiger partial charge in [-0.05, 0) is 25.0 Å². The first-order chi connectivity index (χ1) is 8.67. The van der Waals surface area contributed by atoms with Crippen molar-refractivity contribution in [2.24, 2.45) is 0 Å². The van der Waals surface area contributed by atoms with Gasteiger partial charge in [0.15, 0.2) is 0 Å². The van der Waals surface area contributed by atoms with Gasteiger partial charge in [-0.3, -0.25) is 5.32 Å². The van der Waals surface area contributed by atoms with Gasteiger partial charge in [0.2, 0.25) is 0 Å². The number of ether oxygens (including phenoxy) is 2. The van der Waals surface area contributed by atoms with E-state index in [0.717, 1.165) is 12.8 Å². The van der Waals surface area contributed by atoms with E-state index in [1.54, 1.807) is 25.3 Å². The summed E-state index contributed by atoms with van der Waals surface area (Å²) in [4.78, 5) is 11.9. The molecule has 0 saturated heterocycles. The maximum atomic E-state index is 11.9. The Hall–Kier alpha value is -1.26. The second-order valence-electron chi connectivity index (χ2n) is 4.25. The minimum absolute atomic E-state index is 0.353. The second kappa shape index (κ2) is 5.59. The summed E-state index contributed by atoms with van der Waals surface area (Å²) in [6.07, 6.45) is 2.14. The second-order valence-corrected chi connectivity index (χ2v) is 4.66. The van der Waals surface area contributed by atoms with E-state index in [1.807, 2.05) is 0 Å². The van der Waals surface area contributed by atoms with Gasteiger partial charge in [-0.15, -0.1) is 0 Å². The van der Waals surface area contributed by atoms with Crippen LogP contribution in [0.3, 0.4) is 0 Å². The maximum absolute atomic E-state index is 11.9. The highest BCUT2D eigenvalue weighted by molar-refractivity contribution is 6.31. The third-order valence-corrected chi connectivity index (χ3v) is 3.27. The van der Waals surface area contributed by atoms with Crippen LogP contribution in [0.5, 0.6) is 5.75 Å². The predicted molar refractivity (Wildman–Crippen MR) is 68.9 cm³/mol. The average molecular weight is 270 g/mol. The molecule has 0 aliphatic heterocycles. The predicted octanol–water partition coefficient (Wildman–Crippen LogP) is 2.31. The molecule has 1 aliphatic rings. The number of rotatable bonds is 5. The van der Waals surface area contributed by atoms with Crippen LogP contribution < -0.4 is 10.1 Å². The Morgan fingerprint density at radius 3 is 2.72 bits per heavy atom. The Labute approximate surface area is 111 Å². The number of hydrogen-bond acceptors (Lipinski definition) is 4. The minimum Gasteiger partial charge on any atom is -0.496 e. The Morgan fingerprint density at radius 1 is 1.44 bits per heavy atom. The van der Waals surface area contributed by atoms with Crippen LogP contribution in [0.25, 0.3) is 0 Å². The highest BCUT2D eigenvalue weighted by Crippen LogP contribution is 2.35. The highest BCUT2D eigenvalue weighted by atomic mass is 35.5. The third kappa shape index (κ3) is 2.76. The van der Waals surface area contributed by atoms with E-state index >= 15 is 0 Å². The zero-order valence-electron chi connectivity index (χ0n) is 10.4. The van der Waals surface area contributed by atoms with Gasteiger partial charge in [0.25, 0.3) is 0 Å². The molecule has 1 unspecified atom stereocenters. The number of carbonyl (C=O) groups excluding carboxylic acids is 1. The molecule has 98 valence electrons. The first kappa shape index (κ1) is 13.2. The van der Waals surface area contributed by atoms with Crippen molar-refractivity contribution in [1.82, 2.24) is 5.32 Å². The van der Waals surface area contributed by atoms with Crippen LogP contribution in [-0.2, 0) is 9.53 Å². The molecule has 5 heteroatoms. The van der Waals surface area contributed by atoms with Gasteiger partial charge in [0.1, 0.15) is 11.8 Å². The lowest BCUT2D eigenvalue weighted by Crippen LogP contribution is -2.31. The lowest BCUT2D eigenvalue weighted by Gasteiger charge is -2.20.